The first kappa shape index (κ1) is 13.6. The topological polar surface area (TPSA) is 20.2 Å². The monoisotopic (exact) mass is 246 g/mol. The molecule has 0 saturated heterocycles. The van der Waals surface area contributed by atoms with E-state index in [1.165, 1.54) is 43.2 Å². The second-order valence-corrected chi connectivity index (χ2v) is 5.61. The van der Waals surface area contributed by atoms with Gasteiger partial charge < -0.3 is 5.11 Å². The van der Waals surface area contributed by atoms with Crippen molar-refractivity contribution in [2.75, 3.05) is 0 Å². The number of aryl methyl sites for hydroxylation is 1. The van der Waals surface area contributed by atoms with E-state index >= 15 is 0 Å². The molecule has 1 fully saturated rings. The van der Waals surface area contributed by atoms with Gasteiger partial charge in [-0.05, 0) is 35.8 Å². The average Bonchev–Trinajstić information content (AvgIpc) is 2.46. The summed E-state index contributed by atoms with van der Waals surface area (Å²) in [6.45, 7) is 4.44. The van der Waals surface area contributed by atoms with Crippen LogP contribution in [0.25, 0.3) is 0 Å². The van der Waals surface area contributed by atoms with Crippen molar-refractivity contribution in [1.29, 1.82) is 0 Å². The number of rotatable bonds is 4. The van der Waals surface area contributed by atoms with Crippen LogP contribution < -0.4 is 0 Å². The van der Waals surface area contributed by atoms with Gasteiger partial charge in [0.2, 0.25) is 0 Å². The molecule has 100 valence electrons. The summed E-state index contributed by atoms with van der Waals surface area (Å²) in [7, 11) is 0. The van der Waals surface area contributed by atoms with E-state index in [2.05, 4.69) is 38.1 Å². The molecule has 0 spiro atoms. The van der Waals surface area contributed by atoms with Gasteiger partial charge in [-0.2, -0.15) is 0 Å². The molecule has 1 aromatic rings. The predicted octanol–water partition coefficient (Wildman–Crippen LogP) is 4.50. The molecular weight excluding hydrogens is 220 g/mol. The summed E-state index contributed by atoms with van der Waals surface area (Å²) in [6, 6.07) is 8.40. The number of hydrogen-bond acceptors (Lipinski definition) is 1. The first-order chi connectivity index (χ1) is 8.77. The summed E-state index contributed by atoms with van der Waals surface area (Å²) in [4.78, 5) is 0. The fourth-order valence-electron chi connectivity index (χ4n) is 3.53. The van der Waals surface area contributed by atoms with Gasteiger partial charge in [0.25, 0.3) is 0 Å². The summed E-state index contributed by atoms with van der Waals surface area (Å²) in [6.07, 6.45) is 7.08. The highest BCUT2D eigenvalue weighted by molar-refractivity contribution is 5.29. The molecule has 1 heteroatoms. The summed E-state index contributed by atoms with van der Waals surface area (Å²) in [5, 5.41) is 10.8. The Morgan fingerprint density at radius 3 is 2.61 bits per heavy atom. The molecule has 0 amide bonds. The van der Waals surface area contributed by atoms with E-state index in [-0.39, 0.29) is 6.10 Å². The summed E-state index contributed by atoms with van der Waals surface area (Å²) in [5.41, 5.74) is 2.48. The van der Waals surface area contributed by atoms with Crippen LogP contribution in [0.15, 0.2) is 24.3 Å². The molecule has 0 heterocycles. The maximum absolute atomic E-state index is 10.8. The van der Waals surface area contributed by atoms with Gasteiger partial charge >= 0.3 is 0 Å². The summed E-state index contributed by atoms with van der Waals surface area (Å²) >= 11 is 0. The molecule has 1 N–H and O–H groups in total. The second-order valence-electron chi connectivity index (χ2n) is 5.61. The molecule has 0 aliphatic heterocycles. The van der Waals surface area contributed by atoms with Gasteiger partial charge in [0.1, 0.15) is 0 Å². The zero-order chi connectivity index (χ0) is 13.0. The minimum absolute atomic E-state index is 0.258. The maximum atomic E-state index is 10.8. The van der Waals surface area contributed by atoms with Gasteiger partial charge in [0.05, 0.1) is 6.10 Å². The number of aliphatic hydroxyl groups is 1. The van der Waals surface area contributed by atoms with Gasteiger partial charge in [-0.3, -0.25) is 0 Å². The van der Waals surface area contributed by atoms with Crippen molar-refractivity contribution in [3.05, 3.63) is 35.4 Å². The molecule has 3 unspecified atom stereocenters. The van der Waals surface area contributed by atoms with Crippen molar-refractivity contribution in [3.63, 3.8) is 0 Å². The van der Waals surface area contributed by atoms with Crippen molar-refractivity contribution >= 4 is 0 Å². The van der Waals surface area contributed by atoms with Crippen LogP contribution in [0.3, 0.4) is 0 Å². The Balaban J connectivity index is 2.20. The molecule has 3 atom stereocenters. The molecule has 1 aliphatic rings. The van der Waals surface area contributed by atoms with Crippen molar-refractivity contribution in [2.45, 2.75) is 58.5 Å². The van der Waals surface area contributed by atoms with E-state index in [0.717, 1.165) is 6.42 Å². The molecule has 1 aromatic carbocycles. The Morgan fingerprint density at radius 1 is 1.17 bits per heavy atom. The van der Waals surface area contributed by atoms with Gasteiger partial charge in [-0.25, -0.2) is 0 Å². The Labute approximate surface area is 111 Å². The molecule has 1 saturated carbocycles. The number of aliphatic hydroxyl groups excluding tert-OH is 1. The van der Waals surface area contributed by atoms with E-state index < -0.39 is 0 Å². The van der Waals surface area contributed by atoms with Crippen LogP contribution in [0.5, 0.6) is 0 Å². The second kappa shape index (κ2) is 6.38. The first-order valence-corrected chi connectivity index (χ1v) is 7.53. The van der Waals surface area contributed by atoms with Crippen molar-refractivity contribution in [3.8, 4) is 0 Å². The highest BCUT2D eigenvalue weighted by Gasteiger charge is 2.31. The van der Waals surface area contributed by atoms with E-state index in [4.69, 9.17) is 0 Å². The van der Waals surface area contributed by atoms with Crippen LogP contribution in [-0.2, 0) is 6.42 Å². The fourth-order valence-corrected chi connectivity index (χ4v) is 3.53. The molecular formula is C17H26O. The van der Waals surface area contributed by atoms with Crippen LogP contribution in [0, 0.1) is 11.8 Å². The Morgan fingerprint density at radius 2 is 1.89 bits per heavy atom. The smallest absolute Gasteiger partial charge is 0.0823 e. The third-order valence-electron chi connectivity index (χ3n) is 4.65. The van der Waals surface area contributed by atoms with E-state index in [9.17, 15) is 5.11 Å². The number of benzene rings is 1. The molecule has 18 heavy (non-hydrogen) atoms. The Hall–Kier alpha value is -0.820. The van der Waals surface area contributed by atoms with Crippen LogP contribution in [0.2, 0.25) is 0 Å². The highest BCUT2D eigenvalue weighted by atomic mass is 16.3. The summed E-state index contributed by atoms with van der Waals surface area (Å²) < 4.78 is 0. The normalized spacial score (nSPS) is 25.9. The molecule has 2 rings (SSSR count). The van der Waals surface area contributed by atoms with Crippen LogP contribution >= 0.6 is 0 Å². The van der Waals surface area contributed by atoms with Crippen LogP contribution in [0.4, 0.5) is 0 Å². The molecule has 0 aromatic heterocycles. The van der Waals surface area contributed by atoms with Gasteiger partial charge in [0.15, 0.2) is 0 Å². The zero-order valence-electron chi connectivity index (χ0n) is 11.7. The van der Waals surface area contributed by atoms with Crippen molar-refractivity contribution < 1.29 is 5.11 Å². The van der Waals surface area contributed by atoms with Crippen LogP contribution in [-0.4, -0.2) is 5.11 Å². The van der Waals surface area contributed by atoms with Crippen LogP contribution in [0.1, 0.15) is 63.2 Å². The zero-order valence-corrected chi connectivity index (χ0v) is 11.7. The lowest BCUT2D eigenvalue weighted by Gasteiger charge is -2.35. The van der Waals surface area contributed by atoms with Gasteiger partial charge in [-0.15, -0.1) is 0 Å². The molecule has 1 nitrogen and oxygen atoms in total. The van der Waals surface area contributed by atoms with E-state index in [0.29, 0.717) is 11.8 Å². The third-order valence-corrected chi connectivity index (χ3v) is 4.65. The minimum atomic E-state index is -0.258. The van der Waals surface area contributed by atoms with Gasteiger partial charge in [-0.1, -0.05) is 63.8 Å². The quantitative estimate of drug-likeness (QED) is 0.829. The lowest BCUT2D eigenvalue weighted by atomic mass is 9.73. The van der Waals surface area contributed by atoms with E-state index in [1.54, 1.807) is 0 Å². The Bertz CT molecular complexity index is 372. The Kier molecular flexibility index (Phi) is 4.82. The standard InChI is InChI=1S/C17H26O/c1-3-13-9-5-7-11-15(13)17(18)16-12-8-6-10-14(16)4-2/h5,7,9,11,14,16-18H,3-4,6,8,10,12H2,1-2H3. The number of hydrogen-bond donors (Lipinski definition) is 1. The third kappa shape index (κ3) is 2.77. The van der Waals surface area contributed by atoms with Crippen molar-refractivity contribution in [2.24, 2.45) is 11.8 Å². The maximum Gasteiger partial charge on any atom is 0.0823 e. The first-order valence-electron chi connectivity index (χ1n) is 7.53. The molecule has 1 aliphatic carbocycles. The highest BCUT2D eigenvalue weighted by Crippen LogP contribution is 2.40. The largest absolute Gasteiger partial charge is 0.388 e. The summed E-state index contributed by atoms with van der Waals surface area (Å²) in [5.74, 6) is 1.18. The lowest BCUT2D eigenvalue weighted by molar-refractivity contribution is 0.0446. The minimum Gasteiger partial charge on any atom is -0.388 e. The van der Waals surface area contributed by atoms with Crippen molar-refractivity contribution in [1.82, 2.24) is 0 Å². The van der Waals surface area contributed by atoms with E-state index in [1.807, 2.05) is 0 Å². The predicted molar refractivity (Wildman–Crippen MR) is 76.5 cm³/mol. The molecule has 0 radical (unpaired) electrons. The molecule has 0 bridgehead atoms. The lowest BCUT2D eigenvalue weighted by Crippen LogP contribution is -2.25. The fraction of sp³-hybridized carbons (Fsp3) is 0.647. The average molecular weight is 246 g/mol. The SMILES string of the molecule is CCc1ccccc1C(O)C1CCCCC1CC. The van der Waals surface area contributed by atoms with Gasteiger partial charge in [0, 0.05) is 0 Å².